The smallest absolute Gasteiger partial charge is 0.249 e. The van der Waals surface area contributed by atoms with Crippen LogP contribution in [-0.4, -0.2) is 82.2 Å². The molecule has 8 heteroatoms. The molecule has 1 aliphatic carbocycles. The zero-order chi connectivity index (χ0) is 26.5. The fraction of sp³-hybridized carbons (Fsp3) is 0.567. The fourth-order valence-electron chi connectivity index (χ4n) is 7.69. The molecule has 0 radical (unpaired) electrons. The third-order valence-corrected chi connectivity index (χ3v) is 9.40. The number of anilines is 1. The molecule has 8 nitrogen and oxygen atoms in total. The Balaban J connectivity index is 1.46. The number of ether oxygens (including phenoxy) is 1. The molecule has 6 rings (SSSR count). The van der Waals surface area contributed by atoms with Gasteiger partial charge in [-0.05, 0) is 31.4 Å². The number of rotatable bonds is 5. The minimum Gasteiger partial charge on any atom is -0.395 e. The third kappa shape index (κ3) is 3.60. The van der Waals surface area contributed by atoms with Crippen molar-refractivity contribution in [3.8, 4) is 0 Å². The normalized spacial score (nSPS) is 35.3. The number of benzene rings is 1. The van der Waals surface area contributed by atoms with Crippen LogP contribution in [0.3, 0.4) is 0 Å². The van der Waals surface area contributed by atoms with Crippen molar-refractivity contribution >= 4 is 23.4 Å². The van der Waals surface area contributed by atoms with Gasteiger partial charge in [0.15, 0.2) is 0 Å². The van der Waals surface area contributed by atoms with Gasteiger partial charge in [0.2, 0.25) is 17.7 Å². The van der Waals surface area contributed by atoms with Gasteiger partial charge < -0.3 is 24.5 Å². The minimum atomic E-state index is -1.27. The number of aliphatic hydroxyl groups excluding tert-OH is 1. The van der Waals surface area contributed by atoms with Gasteiger partial charge in [-0.1, -0.05) is 68.7 Å². The molecule has 1 aromatic rings. The van der Waals surface area contributed by atoms with Gasteiger partial charge in [-0.2, -0.15) is 0 Å². The van der Waals surface area contributed by atoms with Gasteiger partial charge in [-0.15, -0.1) is 0 Å². The average molecular weight is 520 g/mol. The number of carbonyl (C=O) groups excluding carboxylic acids is 3. The summed E-state index contributed by atoms with van der Waals surface area (Å²) in [5, 5.41) is 9.92. The first kappa shape index (κ1) is 25.3. The van der Waals surface area contributed by atoms with Crippen molar-refractivity contribution in [3.63, 3.8) is 0 Å². The lowest BCUT2D eigenvalue weighted by Gasteiger charge is -2.40. The number of para-hydroxylation sites is 1. The summed E-state index contributed by atoms with van der Waals surface area (Å²) in [5.41, 5.74) is -1.51. The van der Waals surface area contributed by atoms with E-state index < -0.39 is 29.1 Å². The Morgan fingerprint density at radius 2 is 1.66 bits per heavy atom. The van der Waals surface area contributed by atoms with E-state index in [2.05, 4.69) is 0 Å². The van der Waals surface area contributed by atoms with Gasteiger partial charge in [0.05, 0.1) is 24.0 Å². The molecule has 3 fully saturated rings. The molecule has 1 aromatic carbocycles. The molecule has 3 amide bonds. The molecule has 2 saturated heterocycles. The topological polar surface area (TPSA) is 90.4 Å². The second kappa shape index (κ2) is 9.65. The molecule has 1 spiro atoms. The van der Waals surface area contributed by atoms with Crippen LogP contribution in [0.4, 0.5) is 5.69 Å². The molecule has 202 valence electrons. The highest BCUT2D eigenvalue weighted by atomic mass is 16.5. The van der Waals surface area contributed by atoms with Gasteiger partial charge in [0, 0.05) is 31.4 Å². The monoisotopic (exact) mass is 519 g/mol. The van der Waals surface area contributed by atoms with E-state index >= 15 is 0 Å². The molecule has 0 bridgehead atoms. The number of β-amino-alcohol motifs (C(OH)–C–C–N with tert-alkyl or cyclic N) is 1. The van der Waals surface area contributed by atoms with Crippen molar-refractivity contribution in [1.82, 2.24) is 9.80 Å². The number of nitrogens with zero attached hydrogens (tertiary/aromatic N) is 3. The van der Waals surface area contributed by atoms with Crippen molar-refractivity contribution < 1.29 is 24.2 Å². The number of hydrogen-bond acceptors (Lipinski definition) is 5. The van der Waals surface area contributed by atoms with Crippen LogP contribution in [0.15, 0.2) is 54.6 Å². The number of likely N-dealkylation sites (tertiary alicyclic amines) is 1. The standard InChI is InChI=1S/C30H37N3O5/c1-2-29-15-9-17-31(21-11-5-3-6-12-21)26(35)23(29)24-27(36)33(19-20-34)25-28(37)32(22-13-7-4-8-14-22)18-10-16-30(24,25)38-29/h3,5-6,9-12,15-16,22-25,34H,2,4,7-8,13-14,17-20H2,1H3/t23-,24+,25?,29+,30+/m1/s1. The summed E-state index contributed by atoms with van der Waals surface area (Å²) in [7, 11) is 0. The van der Waals surface area contributed by atoms with Gasteiger partial charge in [-0.25, -0.2) is 0 Å². The maximum absolute atomic E-state index is 14.4. The third-order valence-electron chi connectivity index (χ3n) is 9.40. The first-order valence-electron chi connectivity index (χ1n) is 14.1. The van der Waals surface area contributed by atoms with Crippen LogP contribution in [0.5, 0.6) is 0 Å². The Hall–Kier alpha value is -2.97. The molecule has 4 heterocycles. The highest BCUT2D eigenvalue weighted by Gasteiger charge is 2.75. The quantitative estimate of drug-likeness (QED) is 0.604. The molecule has 1 saturated carbocycles. The van der Waals surface area contributed by atoms with E-state index in [1.54, 1.807) is 4.90 Å². The van der Waals surface area contributed by atoms with Gasteiger partial charge in [0.25, 0.3) is 0 Å². The maximum atomic E-state index is 14.4. The van der Waals surface area contributed by atoms with Crippen molar-refractivity contribution in [2.24, 2.45) is 11.8 Å². The van der Waals surface area contributed by atoms with E-state index in [-0.39, 0.29) is 36.9 Å². The second-order valence-corrected chi connectivity index (χ2v) is 11.2. The molecule has 1 unspecified atom stereocenters. The lowest BCUT2D eigenvalue weighted by molar-refractivity contribution is -0.154. The molecule has 0 aromatic heterocycles. The summed E-state index contributed by atoms with van der Waals surface area (Å²) in [6.45, 7) is 2.58. The number of carbonyl (C=O) groups is 3. The Labute approximate surface area is 223 Å². The van der Waals surface area contributed by atoms with Crippen LogP contribution in [0.25, 0.3) is 0 Å². The maximum Gasteiger partial charge on any atom is 0.249 e. The predicted octanol–water partition coefficient (Wildman–Crippen LogP) is 2.67. The zero-order valence-corrected chi connectivity index (χ0v) is 22.0. The number of aliphatic hydroxyl groups is 1. The van der Waals surface area contributed by atoms with Crippen molar-refractivity contribution in [2.75, 3.05) is 31.1 Å². The summed E-state index contributed by atoms with van der Waals surface area (Å²) in [4.78, 5) is 48.1. The average Bonchev–Trinajstić information content (AvgIpc) is 3.22. The highest BCUT2D eigenvalue weighted by Crippen LogP contribution is 2.58. The molecule has 1 N–H and O–H groups in total. The summed E-state index contributed by atoms with van der Waals surface area (Å²) in [6, 6.07) is 8.70. The molecular weight excluding hydrogens is 482 g/mol. The van der Waals surface area contributed by atoms with Gasteiger partial charge in [0.1, 0.15) is 11.6 Å². The summed E-state index contributed by atoms with van der Waals surface area (Å²) >= 11 is 0. The first-order chi connectivity index (χ1) is 18.5. The van der Waals surface area contributed by atoms with E-state index in [0.29, 0.717) is 19.5 Å². The van der Waals surface area contributed by atoms with Gasteiger partial charge >= 0.3 is 0 Å². The van der Waals surface area contributed by atoms with Crippen molar-refractivity contribution in [3.05, 3.63) is 54.6 Å². The first-order valence-corrected chi connectivity index (χ1v) is 14.1. The van der Waals surface area contributed by atoms with E-state index in [9.17, 15) is 19.5 Å². The van der Waals surface area contributed by atoms with E-state index in [1.807, 2.05) is 66.5 Å². The highest BCUT2D eigenvalue weighted by molar-refractivity contribution is 6.04. The van der Waals surface area contributed by atoms with Crippen molar-refractivity contribution in [1.29, 1.82) is 0 Å². The largest absolute Gasteiger partial charge is 0.395 e. The molecule has 38 heavy (non-hydrogen) atoms. The van der Waals surface area contributed by atoms with Crippen molar-refractivity contribution in [2.45, 2.75) is 68.7 Å². The fourth-order valence-corrected chi connectivity index (χ4v) is 7.69. The van der Waals surface area contributed by atoms with Crippen LogP contribution >= 0.6 is 0 Å². The molecule has 4 aliphatic heterocycles. The molecule has 5 atom stereocenters. The number of fused-ring (bicyclic) bond motifs is 2. The number of hydrogen-bond donors (Lipinski definition) is 1. The van der Waals surface area contributed by atoms with Crippen LogP contribution in [0.2, 0.25) is 0 Å². The van der Waals surface area contributed by atoms with Gasteiger partial charge in [-0.3, -0.25) is 14.4 Å². The summed E-state index contributed by atoms with van der Waals surface area (Å²) < 4.78 is 6.97. The van der Waals surface area contributed by atoms with Crippen LogP contribution in [0, 0.1) is 11.8 Å². The Morgan fingerprint density at radius 1 is 0.921 bits per heavy atom. The van der Waals surface area contributed by atoms with E-state index in [1.165, 1.54) is 11.3 Å². The van der Waals surface area contributed by atoms with E-state index in [4.69, 9.17) is 4.74 Å². The van der Waals surface area contributed by atoms with E-state index in [0.717, 1.165) is 31.4 Å². The van der Waals surface area contributed by atoms with Crippen LogP contribution in [0.1, 0.15) is 45.4 Å². The SMILES string of the molecule is CC[C@]12C=CCN(c3ccccc3)C(=O)[C@H]1[C@H]1C(=O)N(CCO)C3C(=O)N(C4CCCCC4)CC=C[C@@]31O2. The second-order valence-electron chi connectivity index (χ2n) is 11.2. The zero-order valence-electron chi connectivity index (χ0n) is 22.0. The van der Waals surface area contributed by atoms with Crippen LogP contribution in [-0.2, 0) is 19.1 Å². The van der Waals surface area contributed by atoms with Crippen LogP contribution < -0.4 is 4.90 Å². The summed E-state index contributed by atoms with van der Waals surface area (Å²) in [6.07, 6.45) is 13.5. The predicted molar refractivity (Wildman–Crippen MR) is 142 cm³/mol. The number of amides is 3. The lowest BCUT2D eigenvalue weighted by Crippen LogP contribution is -2.58. The summed E-state index contributed by atoms with van der Waals surface area (Å²) in [5.74, 6) is -2.23. The Bertz CT molecular complexity index is 1160. The Morgan fingerprint density at radius 3 is 2.37 bits per heavy atom. The lowest BCUT2D eigenvalue weighted by atomic mass is 9.73. The molecule has 5 aliphatic rings. The minimum absolute atomic E-state index is 0.0292. The Kier molecular flexibility index (Phi) is 6.43. The molecular formula is C30H37N3O5.